The number of aromatic carboxylic acids is 1. The molecule has 0 bridgehead atoms. The number of rotatable bonds is 4. The number of benzene rings is 1. The highest BCUT2D eigenvalue weighted by Gasteiger charge is 2.26. The van der Waals surface area contributed by atoms with E-state index in [0.29, 0.717) is 11.6 Å². The molecule has 1 aromatic carbocycles. The van der Waals surface area contributed by atoms with Crippen LogP contribution in [0.15, 0.2) is 23.1 Å². The van der Waals surface area contributed by atoms with Gasteiger partial charge in [0.05, 0.1) is 11.3 Å². The molecule has 4 heteroatoms. The first-order valence-electron chi connectivity index (χ1n) is 6.41. The molecule has 1 aliphatic rings. The number of nitrogens with zero attached hydrogens (tertiary/aromatic N) is 1. The Bertz CT molecular complexity index is 447. The molecular weight excluding hydrogens is 246 g/mol. The molecule has 0 amide bonds. The van der Waals surface area contributed by atoms with E-state index in [1.807, 2.05) is 25.1 Å². The summed E-state index contributed by atoms with van der Waals surface area (Å²) in [6.45, 7) is 5.17. The molecule has 1 aromatic rings. The summed E-state index contributed by atoms with van der Waals surface area (Å²) >= 11 is 1.60. The molecule has 0 aromatic heterocycles. The Hall–Kier alpha value is -1.16. The molecule has 1 fully saturated rings. The average Bonchev–Trinajstić information content (AvgIpc) is 2.75. The number of carboxylic acid groups (broad SMARTS) is 1. The summed E-state index contributed by atoms with van der Waals surface area (Å²) < 4.78 is 0. The van der Waals surface area contributed by atoms with Gasteiger partial charge in [-0.15, -0.1) is 11.8 Å². The zero-order valence-electron chi connectivity index (χ0n) is 10.8. The van der Waals surface area contributed by atoms with Gasteiger partial charge in [-0.05, 0) is 37.7 Å². The third kappa shape index (κ3) is 2.48. The van der Waals surface area contributed by atoms with Crippen molar-refractivity contribution < 1.29 is 9.90 Å². The van der Waals surface area contributed by atoms with Crippen LogP contribution in [0, 0.1) is 0 Å². The van der Waals surface area contributed by atoms with E-state index in [4.69, 9.17) is 0 Å². The van der Waals surface area contributed by atoms with Gasteiger partial charge in [-0.3, -0.25) is 0 Å². The highest BCUT2D eigenvalue weighted by Crippen LogP contribution is 2.34. The van der Waals surface area contributed by atoms with E-state index in [9.17, 15) is 9.90 Å². The van der Waals surface area contributed by atoms with Crippen LogP contribution in [0.2, 0.25) is 0 Å². The molecular formula is C14H19NO2S. The molecule has 1 N–H and O–H groups in total. The van der Waals surface area contributed by atoms with Crippen molar-refractivity contribution >= 4 is 23.4 Å². The van der Waals surface area contributed by atoms with Crippen LogP contribution in [0.5, 0.6) is 0 Å². The second-order valence-electron chi connectivity index (χ2n) is 4.57. The number of hydrogen-bond acceptors (Lipinski definition) is 3. The van der Waals surface area contributed by atoms with Gasteiger partial charge in [0.25, 0.3) is 0 Å². The van der Waals surface area contributed by atoms with E-state index >= 15 is 0 Å². The fourth-order valence-corrected chi connectivity index (χ4v) is 3.36. The van der Waals surface area contributed by atoms with Crippen LogP contribution in [0.1, 0.15) is 37.0 Å². The standard InChI is InChI=1S/C14H19NO2S/c1-3-18-12-8-4-7-11(13(12)14(16)17)15-9-5-6-10(15)2/h4,7-8,10H,3,5-6,9H2,1-2H3,(H,16,17). The highest BCUT2D eigenvalue weighted by molar-refractivity contribution is 7.99. The van der Waals surface area contributed by atoms with Gasteiger partial charge in [-0.2, -0.15) is 0 Å². The molecule has 0 aliphatic carbocycles. The van der Waals surface area contributed by atoms with Gasteiger partial charge in [0.2, 0.25) is 0 Å². The van der Waals surface area contributed by atoms with Crippen LogP contribution in [-0.2, 0) is 0 Å². The van der Waals surface area contributed by atoms with Crippen molar-refractivity contribution in [3.8, 4) is 0 Å². The minimum atomic E-state index is -0.819. The Morgan fingerprint density at radius 3 is 2.89 bits per heavy atom. The van der Waals surface area contributed by atoms with Crippen molar-refractivity contribution in [2.45, 2.75) is 37.6 Å². The van der Waals surface area contributed by atoms with Crippen LogP contribution in [-0.4, -0.2) is 29.4 Å². The maximum absolute atomic E-state index is 11.5. The molecule has 1 heterocycles. The monoisotopic (exact) mass is 265 g/mol. The number of anilines is 1. The van der Waals surface area contributed by atoms with Gasteiger partial charge >= 0.3 is 5.97 Å². The van der Waals surface area contributed by atoms with Gasteiger partial charge in [-0.1, -0.05) is 13.0 Å². The Balaban J connectivity index is 2.45. The smallest absolute Gasteiger partial charge is 0.338 e. The third-order valence-corrected chi connectivity index (χ3v) is 4.32. The third-order valence-electron chi connectivity index (χ3n) is 3.38. The Morgan fingerprint density at radius 1 is 1.56 bits per heavy atom. The van der Waals surface area contributed by atoms with E-state index in [-0.39, 0.29) is 0 Å². The largest absolute Gasteiger partial charge is 0.478 e. The molecule has 3 nitrogen and oxygen atoms in total. The first-order valence-corrected chi connectivity index (χ1v) is 7.39. The summed E-state index contributed by atoms with van der Waals surface area (Å²) in [4.78, 5) is 14.6. The summed E-state index contributed by atoms with van der Waals surface area (Å²) in [6, 6.07) is 6.24. The molecule has 1 saturated heterocycles. The molecule has 98 valence electrons. The van der Waals surface area contributed by atoms with Crippen LogP contribution < -0.4 is 4.90 Å². The van der Waals surface area contributed by atoms with E-state index in [0.717, 1.165) is 35.7 Å². The average molecular weight is 265 g/mol. The van der Waals surface area contributed by atoms with Crippen molar-refractivity contribution in [3.63, 3.8) is 0 Å². The Morgan fingerprint density at radius 2 is 2.33 bits per heavy atom. The van der Waals surface area contributed by atoms with E-state index < -0.39 is 5.97 Å². The lowest BCUT2D eigenvalue weighted by Crippen LogP contribution is -2.28. The van der Waals surface area contributed by atoms with Crippen LogP contribution >= 0.6 is 11.8 Å². The molecule has 1 atom stereocenters. The molecule has 0 radical (unpaired) electrons. The van der Waals surface area contributed by atoms with Crippen molar-refractivity contribution in [2.75, 3.05) is 17.2 Å². The quantitative estimate of drug-likeness (QED) is 0.846. The minimum absolute atomic E-state index is 0.435. The van der Waals surface area contributed by atoms with Crippen molar-refractivity contribution in [1.82, 2.24) is 0 Å². The summed E-state index contributed by atoms with van der Waals surface area (Å²) in [6.07, 6.45) is 2.29. The molecule has 2 rings (SSSR count). The first kappa shape index (κ1) is 13.3. The molecule has 0 saturated carbocycles. The molecule has 18 heavy (non-hydrogen) atoms. The summed E-state index contributed by atoms with van der Waals surface area (Å²) in [5.41, 5.74) is 1.35. The highest BCUT2D eigenvalue weighted by atomic mass is 32.2. The van der Waals surface area contributed by atoms with Crippen molar-refractivity contribution in [1.29, 1.82) is 0 Å². The summed E-state index contributed by atoms with van der Waals surface area (Å²) in [5, 5.41) is 9.48. The normalized spacial score (nSPS) is 19.2. The lowest BCUT2D eigenvalue weighted by molar-refractivity contribution is 0.0694. The lowest BCUT2D eigenvalue weighted by atomic mass is 10.1. The topological polar surface area (TPSA) is 40.5 Å². The van der Waals surface area contributed by atoms with Gasteiger partial charge in [0.15, 0.2) is 0 Å². The minimum Gasteiger partial charge on any atom is -0.478 e. The van der Waals surface area contributed by atoms with Gasteiger partial charge < -0.3 is 10.0 Å². The maximum Gasteiger partial charge on any atom is 0.338 e. The summed E-state index contributed by atoms with van der Waals surface area (Å²) in [5.74, 6) is 0.0693. The second-order valence-corrected chi connectivity index (χ2v) is 5.88. The number of carboxylic acids is 1. The Kier molecular flexibility index (Phi) is 4.17. The first-order chi connectivity index (χ1) is 8.65. The van der Waals surface area contributed by atoms with E-state index in [2.05, 4.69) is 11.8 Å². The Labute approximate surface area is 112 Å². The second kappa shape index (κ2) is 5.65. The zero-order chi connectivity index (χ0) is 13.1. The molecule has 0 spiro atoms. The predicted molar refractivity (Wildman–Crippen MR) is 75.8 cm³/mol. The lowest BCUT2D eigenvalue weighted by Gasteiger charge is -2.26. The van der Waals surface area contributed by atoms with Gasteiger partial charge in [0.1, 0.15) is 0 Å². The van der Waals surface area contributed by atoms with Crippen LogP contribution in [0.4, 0.5) is 5.69 Å². The van der Waals surface area contributed by atoms with Crippen LogP contribution in [0.3, 0.4) is 0 Å². The SMILES string of the molecule is CCSc1cccc(N2CCCC2C)c1C(=O)O. The van der Waals surface area contributed by atoms with Crippen molar-refractivity contribution in [2.24, 2.45) is 0 Å². The summed E-state index contributed by atoms with van der Waals surface area (Å²) in [7, 11) is 0. The number of carbonyl (C=O) groups is 1. The predicted octanol–water partition coefficient (Wildman–Crippen LogP) is 3.49. The fraction of sp³-hybridized carbons (Fsp3) is 0.500. The molecule has 1 unspecified atom stereocenters. The maximum atomic E-state index is 11.5. The van der Waals surface area contributed by atoms with E-state index in [1.54, 1.807) is 11.8 Å². The number of thioether (sulfide) groups is 1. The number of hydrogen-bond donors (Lipinski definition) is 1. The van der Waals surface area contributed by atoms with Gasteiger partial charge in [-0.25, -0.2) is 4.79 Å². The van der Waals surface area contributed by atoms with Crippen LogP contribution in [0.25, 0.3) is 0 Å². The molecule has 1 aliphatic heterocycles. The fourth-order valence-electron chi connectivity index (χ4n) is 2.54. The van der Waals surface area contributed by atoms with E-state index in [1.165, 1.54) is 0 Å². The van der Waals surface area contributed by atoms with Crippen molar-refractivity contribution in [3.05, 3.63) is 23.8 Å². The zero-order valence-corrected chi connectivity index (χ0v) is 11.7. The van der Waals surface area contributed by atoms with Gasteiger partial charge in [0, 0.05) is 17.5 Å².